The van der Waals surface area contributed by atoms with Crippen LogP contribution < -0.4 is 10.6 Å². The first-order valence-electron chi connectivity index (χ1n) is 10.6. The molecule has 2 aliphatic heterocycles. The number of nitrogens with one attached hydrogen (secondary N) is 2. The van der Waals surface area contributed by atoms with Gasteiger partial charge in [0.05, 0.1) is 6.54 Å². The molecule has 1 unspecified atom stereocenters. The first-order valence-corrected chi connectivity index (χ1v) is 10.6. The van der Waals surface area contributed by atoms with Crippen molar-refractivity contribution in [1.82, 2.24) is 15.2 Å². The van der Waals surface area contributed by atoms with Gasteiger partial charge in [0.2, 0.25) is 0 Å². The van der Waals surface area contributed by atoms with Gasteiger partial charge < -0.3 is 20.4 Å². The first kappa shape index (κ1) is 20.8. The summed E-state index contributed by atoms with van der Waals surface area (Å²) in [5, 5.41) is 9.86. The highest BCUT2D eigenvalue weighted by Gasteiger charge is 2.45. The van der Waals surface area contributed by atoms with E-state index in [4.69, 9.17) is 4.84 Å². The van der Waals surface area contributed by atoms with Gasteiger partial charge in [-0.25, -0.2) is 4.79 Å². The predicted octanol–water partition coefficient (Wildman–Crippen LogP) is 3.10. The average molecular weight is 422 g/mol. The minimum absolute atomic E-state index is 0.165. The van der Waals surface area contributed by atoms with Crippen LogP contribution in [0.2, 0.25) is 0 Å². The number of carbonyl (C=O) groups excluding carboxylic acids is 2. The molecule has 1 saturated heterocycles. The van der Waals surface area contributed by atoms with Crippen molar-refractivity contribution in [1.29, 1.82) is 0 Å². The molecule has 3 amide bonds. The number of rotatable bonds is 5. The monoisotopic (exact) mass is 421 g/mol. The highest BCUT2D eigenvalue weighted by Crippen LogP contribution is 2.33. The van der Waals surface area contributed by atoms with Gasteiger partial charge in [0.1, 0.15) is 5.71 Å². The van der Waals surface area contributed by atoms with E-state index in [0.717, 1.165) is 30.5 Å². The minimum Gasteiger partial charge on any atom is -0.386 e. The maximum absolute atomic E-state index is 12.8. The molecule has 1 aromatic carbocycles. The number of piperidine rings is 1. The zero-order valence-electron chi connectivity index (χ0n) is 17.6. The molecule has 1 fully saturated rings. The van der Waals surface area contributed by atoms with Crippen molar-refractivity contribution < 1.29 is 14.4 Å². The van der Waals surface area contributed by atoms with E-state index in [1.165, 1.54) is 5.56 Å². The fourth-order valence-corrected chi connectivity index (χ4v) is 3.95. The number of hydrogen-bond donors (Lipinski definition) is 2. The molecule has 162 valence electrons. The minimum atomic E-state index is -0.636. The number of oxime groups is 1. The molecular weight excluding hydrogens is 394 g/mol. The number of aromatic nitrogens is 1. The van der Waals surface area contributed by atoms with Gasteiger partial charge in [0, 0.05) is 37.6 Å². The van der Waals surface area contributed by atoms with Gasteiger partial charge >= 0.3 is 6.03 Å². The van der Waals surface area contributed by atoms with Crippen LogP contribution in [0, 0.1) is 0 Å². The Morgan fingerprint density at radius 1 is 1.19 bits per heavy atom. The van der Waals surface area contributed by atoms with Crippen LogP contribution >= 0.6 is 0 Å². The molecule has 31 heavy (non-hydrogen) atoms. The molecule has 8 nitrogen and oxygen atoms in total. The third-order valence-electron chi connectivity index (χ3n) is 5.72. The number of urea groups is 1. The van der Waals surface area contributed by atoms with Crippen LogP contribution in [0.25, 0.3) is 0 Å². The van der Waals surface area contributed by atoms with E-state index in [2.05, 4.69) is 27.7 Å². The fourth-order valence-electron chi connectivity index (χ4n) is 3.95. The van der Waals surface area contributed by atoms with Crippen molar-refractivity contribution in [2.45, 2.75) is 44.8 Å². The first-order chi connectivity index (χ1) is 15.1. The number of amides is 3. The number of pyridine rings is 1. The Morgan fingerprint density at radius 3 is 2.77 bits per heavy atom. The molecule has 0 saturated carbocycles. The van der Waals surface area contributed by atoms with Crippen LogP contribution in [-0.4, -0.2) is 46.2 Å². The highest BCUT2D eigenvalue weighted by molar-refractivity contribution is 6.39. The van der Waals surface area contributed by atoms with Crippen molar-refractivity contribution >= 4 is 23.3 Å². The highest BCUT2D eigenvalue weighted by atomic mass is 16.7. The molecule has 2 aromatic rings. The van der Waals surface area contributed by atoms with E-state index in [1.54, 1.807) is 17.3 Å². The van der Waals surface area contributed by atoms with Crippen molar-refractivity contribution in [2.24, 2.45) is 5.16 Å². The summed E-state index contributed by atoms with van der Waals surface area (Å²) in [5.74, 6) is -0.252. The van der Waals surface area contributed by atoms with Crippen LogP contribution in [0.3, 0.4) is 0 Å². The van der Waals surface area contributed by atoms with Crippen molar-refractivity contribution in [2.75, 3.05) is 18.4 Å². The summed E-state index contributed by atoms with van der Waals surface area (Å²) in [6, 6.07) is 11.4. The summed E-state index contributed by atoms with van der Waals surface area (Å²) in [6.45, 7) is 3.52. The molecule has 1 atom stereocenters. The van der Waals surface area contributed by atoms with Crippen molar-refractivity contribution in [3.05, 3.63) is 59.9 Å². The lowest BCUT2D eigenvalue weighted by Gasteiger charge is -2.38. The van der Waals surface area contributed by atoms with E-state index in [9.17, 15) is 9.59 Å². The van der Waals surface area contributed by atoms with Gasteiger partial charge in [0.15, 0.2) is 5.60 Å². The molecule has 3 heterocycles. The summed E-state index contributed by atoms with van der Waals surface area (Å²) in [7, 11) is 0. The quantitative estimate of drug-likeness (QED) is 0.775. The third kappa shape index (κ3) is 5.02. The maximum atomic E-state index is 12.8. The summed E-state index contributed by atoms with van der Waals surface area (Å²) in [6.07, 6.45) is 6.30. The molecule has 2 aliphatic rings. The third-order valence-corrected chi connectivity index (χ3v) is 5.72. The average Bonchev–Trinajstić information content (AvgIpc) is 3.21. The predicted molar refractivity (Wildman–Crippen MR) is 118 cm³/mol. The van der Waals surface area contributed by atoms with Gasteiger partial charge in [-0.05, 0) is 48.6 Å². The largest absolute Gasteiger partial charge is 0.386 e. The van der Waals surface area contributed by atoms with Crippen molar-refractivity contribution in [3.8, 4) is 0 Å². The second-order valence-corrected chi connectivity index (χ2v) is 8.04. The lowest BCUT2D eigenvalue weighted by atomic mass is 9.88. The Labute approximate surface area is 181 Å². The molecule has 8 heteroatoms. The number of aryl methyl sites for hydroxylation is 1. The van der Waals surface area contributed by atoms with Gasteiger partial charge in [-0.15, -0.1) is 0 Å². The molecular formula is C23H27N5O3. The van der Waals surface area contributed by atoms with Crippen LogP contribution in [0.1, 0.15) is 37.3 Å². The van der Waals surface area contributed by atoms with Crippen LogP contribution in [0.4, 0.5) is 10.5 Å². The zero-order valence-corrected chi connectivity index (χ0v) is 17.6. The second kappa shape index (κ2) is 9.16. The Morgan fingerprint density at radius 2 is 2.03 bits per heavy atom. The molecule has 0 bridgehead atoms. The normalized spacial score (nSPS) is 20.2. The molecule has 1 spiro atoms. The van der Waals surface area contributed by atoms with Crippen LogP contribution in [-0.2, 0) is 22.6 Å². The number of benzene rings is 1. The summed E-state index contributed by atoms with van der Waals surface area (Å²) in [4.78, 5) is 36.8. The van der Waals surface area contributed by atoms with E-state index in [0.29, 0.717) is 31.8 Å². The van der Waals surface area contributed by atoms with E-state index in [1.807, 2.05) is 36.4 Å². The van der Waals surface area contributed by atoms with Crippen LogP contribution in [0.15, 0.2) is 53.9 Å². The number of carbonyl (C=O) groups is 2. The summed E-state index contributed by atoms with van der Waals surface area (Å²) >= 11 is 0. The maximum Gasteiger partial charge on any atom is 0.321 e. The Hall–Kier alpha value is -3.42. The Bertz CT molecular complexity index is 961. The molecule has 2 N–H and O–H groups in total. The number of nitrogens with zero attached hydrogens (tertiary/aromatic N) is 3. The van der Waals surface area contributed by atoms with Gasteiger partial charge in [-0.3, -0.25) is 9.78 Å². The van der Waals surface area contributed by atoms with E-state index >= 15 is 0 Å². The smallest absolute Gasteiger partial charge is 0.321 e. The number of hydrogen-bond acceptors (Lipinski definition) is 5. The lowest BCUT2D eigenvalue weighted by molar-refractivity contribution is -0.115. The summed E-state index contributed by atoms with van der Waals surface area (Å²) in [5.41, 5.74) is 2.63. The molecule has 0 aliphatic carbocycles. The molecule has 0 radical (unpaired) electrons. The van der Waals surface area contributed by atoms with Gasteiger partial charge in [0.25, 0.3) is 5.91 Å². The fraction of sp³-hybridized carbons (Fsp3) is 0.391. The lowest BCUT2D eigenvalue weighted by Crippen LogP contribution is -2.52. The topological polar surface area (TPSA) is 95.9 Å². The number of likely N-dealkylation sites (tertiary alicyclic amines) is 1. The zero-order chi connectivity index (χ0) is 21.7. The second-order valence-electron chi connectivity index (χ2n) is 8.04. The van der Waals surface area contributed by atoms with E-state index < -0.39 is 5.60 Å². The number of anilines is 1. The Balaban J connectivity index is 1.31. The van der Waals surface area contributed by atoms with Crippen LogP contribution in [0.5, 0.6) is 0 Å². The van der Waals surface area contributed by atoms with Gasteiger partial charge in [-0.1, -0.05) is 30.3 Å². The standard InChI is InChI=1S/C23H27N5O3/c1-2-17-6-8-19(9-7-17)26-22(30)28-12-4-10-23(16-28)13-20(27-31-23)21(29)25-15-18-5-3-11-24-14-18/h3,5-9,11,14H,2,4,10,12-13,15-16H2,1H3,(H,25,29)(H,26,30). The molecule has 4 rings (SSSR count). The van der Waals surface area contributed by atoms with E-state index in [-0.39, 0.29) is 11.9 Å². The summed E-state index contributed by atoms with van der Waals surface area (Å²) < 4.78 is 0. The Kier molecular flexibility index (Phi) is 6.16. The molecule has 1 aromatic heterocycles. The van der Waals surface area contributed by atoms with Gasteiger partial charge in [-0.2, -0.15) is 0 Å². The van der Waals surface area contributed by atoms with Crippen molar-refractivity contribution in [3.63, 3.8) is 0 Å². The SMILES string of the molecule is CCc1ccc(NC(=O)N2CCCC3(CC(C(=O)NCc4cccnc4)=NO3)C2)cc1.